The third kappa shape index (κ3) is 5.41. The van der Waals surface area contributed by atoms with Gasteiger partial charge in [0.1, 0.15) is 11.3 Å². The Balaban J connectivity index is 1.68. The topological polar surface area (TPSA) is 65.7 Å². The summed E-state index contributed by atoms with van der Waals surface area (Å²) in [6, 6.07) is 8.71. The van der Waals surface area contributed by atoms with Gasteiger partial charge in [-0.15, -0.1) is 0 Å². The normalized spacial score (nSPS) is 11.0. The van der Waals surface area contributed by atoms with Crippen molar-refractivity contribution in [2.24, 2.45) is 5.92 Å². The van der Waals surface area contributed by atoms with Crippen molar-refractivity contribution in [1.82, 2.24) is 0 Å². The summed E-state index contributed by atoms with van der Waals surface area (Å²) in [5, 5.41) is 0.803. The smallest absolute Gasteiger partial charge is 0.339 e. The number of rotatable bonds is 9. The van der Waals surface area contributed by atoms with E-state index >= 15 is 0 Å². The molecule has 0 amide bonds. The molecule has 0 spiro atoms. The molecule has 0 atom stereocenters. The molecule has 2 rings (SSSR count). The van der Waals surface area contributed by atoms with Crippen LogP contribution in [0.1, 0.15) is 39.5 Å². The van der Waals surface area contributed by atoms with Gasteiger partial charge in [-0.2, -0.15) is 0 Å². The fourth-order valence-electron chi connectivity index (χ4n) is 2.28. The second-order valence-corrected chi connectivity index (χ2v) is 6.01. The molecule has 130 valence electrons. The molecule has 0 N–H and O–H groups in total. The number of fused-ring (bicyclic) bond motifs is 1. The summed E-state index contributed by atoms with van der Waals surface area (Å²) in [5.41, 5.74) is 0.127. The lowest BCUT2D eigenvalue weighted by atomic mass is 10.2. The van der Waals surface area contributed by atoms with Crippen LogP contribution in [0, 0.1) is 5.92 Å². The molecular formula is C19H24O5. The number of carbonyl (C=O) groups is 1. The average Bonchev–Trinajstić information content (AvgIpc) is 2.56. The molecule has 0 radical (unpaired) electrons. The van der Waals surface area contributed by atoms with Crippen LogP contribution in [0.2, 0.25) is 0 Å². The average molecular weight is 332 g/mol. The molecule has 0 saturated carbocycles. The highest BCUT2D eigenvalue weighted by Gasteiger charge is 2.07. The molecule has 5 nitrogen and oxygen atoms in total. The van der Waals surface area contributed by atoms with Crippen LogP contribution in [0.15, 0.2) is 39.5 Å². The van der Waals surface area contributed by atoms with Gasteiger partial charge in [0.05, 0.1) is 30.6 Å². The zero-order chi connectivity index (χ0) is 17.4. The molecule has 0 aliphatic heterocycles. The van der Waals surface area contributed by atoms with Crippen LogP contribution >= 0.6 is 0 Å². The summed E-state index contributed by atoms with van der Waals surface area (Å²) in [4.78, 5) is 22.8. The highest BCUT2D eigenvalue weighted by Crippen LogP contribution is 2.23. The maximum Gasteiger partial charge on any atom is 0.339 e. The van der Waals surface area contributed by atoms with E-state index in [1.165, 1.54) is 6.07 Å². The van der Waals surface area contributed by atoms with Gasteiger partial charge in [0.2, 0.25) is 0 Å². The lowest BCUT2D eigenvalue weighted by molar-refractivity contribution is -0.147. The van der Waals surface area contributed by atoms with Gasteiger partial charge in [0.25, 0.3) is 0 Å². The Morgan fingerprint density at radius 1 is 1.08 bits per heavy atom. The third-order valence-electron chi connectivity index (χ3n) is 3.62. The van der Waals surface area contributed by atoms with Crippen molar-refractivity contribution < 1.29 is 18.7 Å². The Bertz CT molecular complexity index is 717. The minimum absolute atomic E-state index is 0.0725. The first-order chi connectivity index (χ1) is 11.6. The second-order valence-electron chi connectivity index (χ2n) is 6.01. The SMILES string of the molecule is CC(C)C(=O)OCCCCCCOc1cc(=O)oc2ccccc12. The summed E-state index contributed by atoms with van der Waals surface area (Å²) in [6.45, 7) is 4.67. The van der Waals surface area contributed by atoms with Crippen LogP contribution in [0.25, 0.3) is 11.0 Å². The molecule has 0 aliphatic carbocycles. The van der Waals surface area contributed by atoms with Crippen LogP contribution in [0.5, 0.6) is 5.75 Å². The number of hydrogen-bond donors (Lipinski definition) is 0. The van der Waals surface area contributed by atoms with Crippen molar-refractivity contribution in [2.45, 2.75) is 39.5 Å². The van der Waals surface area contributed by atoms with Gasteiger partial charge >= 0.3 is 11.6 Å². The van der Waals surface area contributed by atoms with Crippen molar-refractivity contribution in [3.63, 3.8) is 0 Å². The second kappa shape index (κ2) is 9.11. The molecule has 0 aliphatic rings. The van der Waals surface area contributed by atoms with Gasteiger partial charge in [-0.05, 0) is 37.8 Å². The molecule has 0 saturated heterocycles. The first-order valence-corrected chi connectivity index (χ1v) is 8.40. The summed E-state index contributed by atoms with van der Waals surface area (Å²) in [6.07, 6.45) is 3.70. The van der Waals surface area contributed by atoms with E-state index in [0.29, 0.717) is 24.5 Å². The summed E-state index contributed by atoms with van der Waals surface area (Å²) >= 11 is 0. The van der Waals surface area contributed by atoms with E-state index in [1.54, 1.807) is 6.07 Å². The maximum atomic E-state index is 11.5. The highest BCUT2D eigenvalue weighted by molar-refractivity contribution is 5.82. The van der Waals surface area contributed by atoms with Crippen LogP contribution in [-0.2, 0) is 9.53 Å². The number of ether oxygens (including phenoxy) is 2. The molecule has 5 heteroatoms. The molecule has 24 heavy (non-hydrogen) atoms. The van der Waals surface area contributed by atoms with Crippen LogP contribution in [-0.4, -0.2) is 19.2 Å². The first kappa shape index (κ1) is 18.0. The Hall–Kier alpha value is -2.30. The molecule has 1 aromatic heterocycles. The minimum atomic E-state index is -0.407. The van der Waals surface area contributed by atoms with E-state index in [1.807, 2.05) is 32.0 Å². The zero-order valence-corrected chi connectivity index (χ0v) is 14.2. The standard InChI is InChI=1S/C19H24O5/c1-14(2)19(21)23-12-8-4-3-7-11-22-17-13-18(20)24-16-10-6-5-9-15(16)17/h5-6,9-10,13-14H,3-4,7-8,11-12H2,1-2H3. The molecule has 1 aromatic carbocycles. The zero-order valence-electron chi connectivity index (χ0n) is 14.2. The molecule has 0 fully saturated rings. The largest absolute Gasteiger partial charge is 0.493 e. The first-order valence-electron chi connectivity index (χ1n) is 8.40. The Labute approximate surface area is 141 Å². The molecule has 1 heterocycles. The Morgan fingerprint density at radius 2 is 1.79 bits per heavy atom. The number of carbonyl (C=O) groups excluding carboxylic acids is 1. The maximum absolute atomic E-state index is 11.5. The van der Waals surface area contributed by atoms with Crippen LogP contribution in [0.3, 0.4) is 0 Å². The summed E-state index contributed by atoms with van der Waals surface area (Å²) in [5.74, 6) is 0.345. The Morgan fingerprint density at radius 3 is 2.54 bits per heavy atom. The Kier molecular flexibility index (Phi) is 6.85. The van der Waals surface area contributed by atoms with Crippen molar-refractivity contribution in [1.29, 1.82) is 0 Å². The fraction of sp³-hybridized carbons (Fsp3) is 0.474. The van der Waals surface area contributed by atoms with Gasteiger partial charge in [0, 0.05) is 0 Å². The van der Waals surface area contributed by atoms with Gasteiger partial charge in [-0.3, -0.25) is 4.79 Å². The van der Waals surface area contributed by atoms with Crippen LogP contribution in [0.4, 0.5) is 0 Å². The molecule has 2 aromatic rings. The number of hydrogen-bond acceptors (Lipinski definition) is 5. The van der Waals surface area contributed by atoms with E-state index in [-0.39, 0.29) is 11.9 Å². The van der Waals surface area contributed by atoms with Crippen LogP contribution < -0.4 is 10.4 Å². The highest BCUT2D eigenvalue weighted by atomic mass is 16.5. The number of esters is 1. The predicted molar refractivity (Wildman–Crippen MR) is 92.2 cm³/mol. The van der Waals surface area contributed by atoms with E-state index in [0.717, 1.165) is 31.1 Å². The van der Waals surface area contributed by atoms with Gasteiger partial charge < -0.3 is 13.9 Å². The van der Waals surface area contributed by atoms with E-state index in [9.17, 15) is 9.59 Å². The molecular weight excluding hydrogens is 308 g/mol. The number of para-hydroxylation sites is 1. The van der Waals surface area contributed by atoms with Gasteiger partial charge in [-0.25, -0.2) is 4.79 Å². The molecule has 0 bridgehead atoms. The molecule has 0 unspecified atom stereocenters. The summed E-state index contributed by atoms with van der Waals surface area (Å²) in [7, 11) is 0. The van der Waals surface area contributed by atoms with Gasteiger partial charge in [0.15, 0.2) is 0 Å². The third-order valence-corrected chi connectivity index (χ3v) is 3.62. The van der Waals surface area contributed by atoms with E-state index < -0.39 is 5.63 Å². The number of benzene rings is 1. The number of unbranched alkanes of at least 4 members (excludes halogenated alkanes) is 3. The van der Waals surface area contributed by atoms with Crippen molar-refractivity contribution >= 4 is 16.9 Å². The quantitative estimate of drug-likeness (QED) is 0.395. The fourth-order valence-corrected chi connectivity index (χ4v) is 2.28. The van der Waals surface area contributed by atoms with Crippen molar-refractivity contribution in [2.75, 3.05) is 13.2 Å². The van der Waals surface area contributed by atoms with Crippen molar-refractivity contribution in [3.05, 3.63) is 40.8 Å². The van der Waals surface area contributed by atoms with E-state index in [2.05, 4.69) is 0 Å². The van der Waals surface area contributed by atoms with Crippen molar-refractivity contribution in [3.8, 4) is 5.75 Å². The predicted octanol–water partition coefficient (Wildman–Crippen LogP) is 3.93. The van der Waals surface area contributed by atoms with E-state index in [4.69, 9.17) is 13.9 Å². The van der Waals surface area contributed by atoms with Gasteiger partial charge in [-0.1, -0.05) is 26.0 Å². The minimum Gasteiger partial charge on any atom is -0.493 e. The monoisotopic (exact) mass is 332 g/mol. The summed E-state index contributed by atoms with van der Waals surface area (Å²) < 4.78 is 16.0. The lowest BCUT2D eigenvalue weighted by Gasteiger charge is -2.09. The lowest BCUT2D eigenvalue weighted by Crippen LogP contribution is -2.12.